The minimum Gasteiger partial charge on any atom is -0.497 e. The van der Waals surface area contributed by atoms with Crippen molar-refractivity contribution in [1.29, 1.82) is 0 Å². The van der Waals surface area contributed by atoms with Crippen LogP contribution < -0.4 is 10.1 Å². The minimum atomic E-state index is -4.44. The molecule has 2 rings (SSSR count). The highest BCUT2D eigenvalue weighted by Crippen LogP contribution is 2.31. The minimum absolute atomic E-state index is 0.0386. The third-order valence-electron chi connectivity index (χ3n) is 3.09. The maximum atomic E-state index is 12.7. The Hall–Kier alpha value is -2.28. The van der Waals surface area contributed by atoms with E-state index in [9.17, 15) is 18.3 Å². The SMILES string of the molecule is COc1cccc([C@@H](CO)Nc2cc(C(F)(F)F)ccn2)c1. The predicted octanol–water partition coefficient (Wildman–Crippen LogP) is 3.25. The predicted molar refractivity (Wildman–Crippen MR) is 75.7 cm³/mol. The van der Waals surface area contributed by atoms with Gasteiger partial charge in [-0.3, -0.25) is 0 Å². The van der Waals surface area contributed by atoms with Crippen LogP contribution in [-0.2, 0) is 6.18 Å². The molecule has 2 N–H and O–H groups in total. The number of aromatic nitrogens is 1. The van der Waals surface area contributed by atoms with Crippen LogP contribution in [0.3, 0.4) is 0 Å². The zero-order chi connectivity index (χ0) is 16.2. The zero-order valence-electron chi connectivity index (χ0n) is 11.8. The number of rotatable bonds is 5. The number of aliphatic hydroxyl groups is 1. The van der Waals surface area contributed by atoms with Gasteiger partial charge in [0.15, 0.2) is 0 Å². The first kappa shape index (κ1) is 16.1. The van der Waals surface area contributed by atoms with Crippen molar-refractivity contribution in [2.24, 2.45) is 0 Å². The van der Waals surface area contributed by atoms with E-state index < -0.39 is 17.8 Å². The number of halogens is 3. The van der Waals surface area contributed by atoms with Crippen LogP contribution in [-0.4, -0.2) is 23.8 Å². The third-order valence-corrected chi connectivity index (χ3v) is 3.09. The van der Waals surface area contributed by atoms with E-state index in [4.69, 9.17) is 4.74 Å². The lowest BCUT2D eigenvalue weighted by Gasteiger charge is -2.18. The Morgan fingerprint density at radius 1 is 1.27 bits per heavy atom. The molecule has 7 heteroatoms. The molecule has 0 bridgehead atoms. The van der Waals surface area contributed by atoms with Crippen molar-refractivity contribution in [3.8, 4) is 5.75 Å². The van der Waals surface area contributed by atoms with E-state index in [-0.39, 0.29) is 12.4 Å². The van der Waals surface area contributed by atoms with Crippen LogP contribution in [0.15, 0.2) is 42.6 Å². The number of aliphatic hydroxyl groups excluding tert-OH is 1. The molecule has 0 unspecified atom stereocenters. The number of anilines is 1. The summed E-state index contributed by atoms with van der Waals surface area (Å²) in [5.74, 6) is 0.631. The molecule has 0 aliphatic heterocycles. The highest BCUT2D eigenvalue weighted by molar-refractivity contribution is 5.42. The molecule has 0 fully saturated rings. The van der Waals surface area contributed by atoms with Gasteiger partial charge in [-0.05, 0) is 29.8 Å². The van der Waals surface area contributed by atoms with Gasteiger partial charge in [-0.25, -0.2) is 4.98 Å². The molecule has 2 aromatic rings. The highest BCUT2D eigenvalue weighted by atomic mass is 19.4. The van der Waals surface area contributed by atoms with E-state index in [0.717, 1.165) is 18.3 Å². The number of nitrogens with one attached hydrogen (secondary N) is 1. The number of methoxy groups -OCH3 is 1. The Balaban J connectivity index is 2.23. The summed E-state index contributed by atoms with van der Waals surface area (Å²) in [4.78, 5) is 3.86. The lowest BCUT2D eigenvalue weighted by molar-refractivity contribution is -0.137. The van der Waals surface area contributed by atoms with Crippen molar-refractivity contribution in [2.75, 3.05) is 19.0 Å². The van der Waals surface area contributed by atoms with Crippen LogP contribution in [0.25, 0.3) is 0 Å². The molecular weight excluding hydrogens is 297 g/mol. The zero-order valence-corrected chi connectivity index (χ0v) is 11.8. The van der Waals surface area contributed by atoms with Crippen molar-refractivity contribution in [3.63, 3.8) is 0 Å². The average molecular weight is 312 g/mol. The molecule has 0 amide bonds. The number of benzene rings is 1. The molecule has 1 aromatic heterocycles. The van der Waals surface area contributed by atoms with Gasteiger partial charge in [0.25, 0.3) is 0 Å². The van der Waals surface area contributed by atoms with Gasteiger partial charge in [0.05, 0.1) is 25.3 Å². The summed E-state index contributed by atoms with van der Waals surface area (Å²) < 4.78 is 43.2. The van der Waals surface area contributed by atoms with Gasteiger partial charge in [-0.1, -0.05) is 12.1 Å². The van der Waals surface area contributed by atoms with Gasteiger partial charge in [0.1, 0.15) is 11.6 Å². The van der Waals surface area contributed by atoms with E-state index in [1.807, 2.05) is 0 Å². The van der Waals surface area contributed by atoms with Crippen LogP contribution in [0.1, 0.15) is 17.2 Å². The van der Waals surface area contributed by atoms with E-state index in [1.54, 1.807) is 24.3 Å². The molecule has 0 aliphatic carbocycles. The summed E-state index contributed by atoms with van der Waals surface area (Å²) in [6.07, 6.45) is -3.37. The quantitative estimate of drug-likeness (QED) is 0.890. The van der Waals surface area contributed by atoms with E-state index in [1.165, 1.54) is 7.11 Å². The first-order valence-electron chi connectivity index (χ1n) is 6.48. The number of hydrogen-bond acceptors (Lipinski definition) is 4. The maximum absolute atomic E-state index is 12.7. The molecule has 1 aromatic carbocycles. The summed E-state index contributed by atoms with van der Waals surface area (Å²) in [5.41, 5.74) is -0.117. The lowest BCUT2D eigenvalue weighted by atomic mass is 10.1. The van der Waals surface area contributed by atoms with Gasteiger partial charge in [0.2, 0.25) is 0 Å². The van der Waals surface area contributed by atoms with Crippen LogP contribution in [0.5, 0.6) is 5.75 Å². The molecule has 0 aliphatic rings. The Bertz CT molecular complexity index is 632. The third kappa shape index (κ3) is 3.88. The summed E-state index contributed by atoms with van der Waals surface area (Å²) >= 11 is 0. The highest BCUT2D eigenvalue weighted by Gasteiger charge is 2.30. The van der Waals surface area contributed by atoms with E-state index in [0.29, 0.717) is 11.3 Å². The average Bonchev–Trinajstić information content (AvgIpc) is 2.52. The summed E-state index contributed by atoms with van der Waals surface area (Å²) in [7, 11) is 1.51. The number of nitrogens with zero attached hydrogens (tertiary/aromatic N) is 1. The van der Waals surface area contributed by atoms with Crippen molar-refractivity contribution in [2.45, 2.75) is 12.2 Å². The molecule has 1 heterocycles. The van der Waals surface area contributed by atoms with Crippen LogP contribution in [0.4, 0.5) is 19.0 Å². The molecular formula is C15H15F3N2O2. The normalized spacial score (nSPS) is 12.8. The van der Waals surface area contributed by atoms with E-state index >= 15 is 0 Å². The fraction of sp³-hybridized carbons (Fsp3) is 0.267. The largest absolute Gasteiger partial charge is 0.497 e. The van der Waals surface area contributed by atoms with Crippen molar-refractivity contribution >= 4 is 5.82 Å². The Labute approximate surface area is 125 Å². The van der Waals surface area contributed by atoms with Crippen molar-refractivity contribution < 1.29 is 23.0 Å². The maximum Gasteiger partial charge on any atom is 0.416 e. The Morgan fingerprint density at radius 3 is 2.68 bits per heavy atom. The monoisotopic (exact) mass is 312 g/mol. The number of ether oxygens (including phenoxy) is 1. The van der Waals surface area contributed by atoms with Crippen molar-refractivity contribution in [1.82, 2.24) is 4.98 Å². The Morgan fingerprint density at radius 2 is 2.05 bits per heavy atom. The molecule has 0 spiro atoms. The van der Waals surface area contributed by atoms with E-state index in [2.05, 4.69) is 10.3 Å². The molecule has 1 atom stereocenters. The van der Waals surface area contributed by atoms with Crippen LogP contribution in [0, 0.1) is 0 Å². The lowest BCUT2D eigenvalue weighted by Crippen LogP contribution is -2.16. The smallest absolute Gasteiger partial charge is 0.416 e. The van der Waals surface area contributed by atoms with Gasteiger partial charge in [0, 0.05) is 6.20 Å². The molecule has 118 valence electrons. The number of pyridine rings is 1. The second-order valence-corrected chi connectivity index (χ2v) is 4.58. The fourth-order valence-corrected chi connectivity index (χ4v) is 1.96. The van der Waals surface area contributed by atoms with Crippen LogP contribution in [0.2, 0.25) is 0 Å². The first-order valence-corrected chi connectivity index (χ1v) is 6.48. The topological polar surface area (TPSA) is 54.4 Å². The fourth-order valence-electron chi connectivity index (χ4n) is 1.96. The molecule has 22 heavy (non-hydrogen) atoms. The van der Waals surface area contributed by atoms with Gasteiger partial charge in [-0.2, -0.15) is 13.2 Å². The molecule has 4 nitrogen and oxygen atoms in total. The number of hydrogen-bond donors (Lipinski definition) is 2. The molecule has 0 saturated carbocycles. The molecule has 0 saturated heterocycles. The summed E-state index contributed by atoms with van der Waals surface area (Å²) in [5, 5.41) is 12.3. The Kier molecular flexibility index (Phi) is 4.87. The summed E-state index contributed by atoms with van der Waals surface area (Å²) in [6.45, 7) is -0.301. The second-order valence-electron chi connectivity index (χ2n) is 4.58. The second kappa shape index (κ2) is 6.65. The standard InChI is InChI=1S/C15H15F3N2O2/c1-22-12-4-2-3-10(7-12)13(9-21)20-14-8-11(5-6-19-14)15(16,17)18/h2-8,13,21H,9H2,1H3,(H,19,20)/t13-/m1/s1. The summed E-state index contributed by atoms with van der Waals surface area (Å²) in [6, 6.07) is 8.11. The number of alkyl halides is 3. The van der Waals surface area contributed by atoms with Crippen LogP contribution >= 0.6 is 0 Å². The van der Waals surface area contributed by atoms with Gasteiger partial charge < -0.3 is 15.2 Å². The molecule has 0 radical (unpaired) electrons. The first-order chi connectivity index (χ1) is 10.4. The van der Waals surface area contributed by atoms with Gasteiger partial charge in [-0.15, -0.1) is 0 Å². The van der Waals surface area contributed by atoms with Crippen molar-refractivity contribution in [3.05, 3.63) is 53.7 Å². The van der Waals surface area contributed by atoms with Gasteiger partial charge >= 0.3 is 6.18 Å².